The molecule has 0 unspecified atom stereocenters. The Labute approximate surface area is 144 Å². The highest BCUT2D eigenvalue weighted by Crippen LogP contribution is 2.35. The molecule has 0 spiro atoms. The number of rotatable bonds is 5. The van der Waals surface area contributed by atoms with Gasteiger partial charge in [-0.1, -0.05) is 6.07 Å². The van der Waals surface area contributed by atoms with Crippen molar-refractivity contribution in [2.24, 2.45) is 0 Å². The number of hydrogen-bond acceptors (Lipinski definition) is 5. The molecule has 0 atom stereocenters. The van der Waals surface area contributed by atoms with E-state index in [0.717, 1.165) is 32.3 Å². The molecule has 118 valence electrons. The van der Waals surface area contributed by atoms with Gasteiger partial charge >= 0.3 is 0 Å². The lowest BCUT2D eigenvalue weighted by Gasteiger charge is -2.13. The third kappa shape index (κ3) is 3.28. The maximum atomic E-state index is 5.52. The maximum Gasteiger partial charge on any atom is 0.161 e. The van der Waals surface area contributed by atoms with E-state index in [1.54, 1.807) is 31.8 Å². The Balaban J connectivity index is 2.06. The minimum atomic E-state index is 0.681. The monoisotopic (exact) mass is 344 g/mol. The first kappa shape index (κ1) is 15.7. The molecule has 2 aromatic heterocycles. The van der Waals surface area contributed by atoms with E-state index >= 15 is 0 Å². The Kier molecular flexibility index (Phi) is 4.73. The zero-order valence-corrected chi connectivity index (χ0v) is 14.5. The molecule has 0 amide bonds. The van der Waals surface area contributed by atoms with Crippen LogP contribution in [0.4, 0.5) is 0 Å². The zero-order valence-electron chi connectivity index (χ0n) is 12.9. The second-order valence-corrected chi connectivity index (χ2v) is 6.40. The van der Waals surface area contributed by atoms with Gasteiger partial charge in [0.05, 0.1) is 26.5 Å². The molecule has 0 fully saturated rings. The molecular formula is C17H16N2O2S2. The van der Waals surface area contributed by atoms with Crippen molar-refractivity contribution in [1.29, 1.82) is 0 Å². The Morgan fingerprint density at radius 3 is 2.78 bits per heavy atom. The van der Waals surface area contributed by atoms with E-state index in [9.17, 15) is 0 Å². The number of hydrogen-bond donors (Lipinski definition) is 0. The SMILES string of the molecule is COc1ccc(-c2csc(=S)n2Cc2cccnc2)c(OC)c1. The second kappa shape index (κ2) is 6.93. The highest BCUT2D eigenvalue weighted by Gasteiger charge is 2.13. The molecule has 0 radical (unpaired) electrons. The van der Waals surface area contributed by atoms with Crippen molar-refractivity contribution in [3.63, 3.8) is 0 Å². The minimum Gasteiger partial charge on any atom is -0.497 e. The second-order valence-electron chi connectivity index (χ2n) is 4.90. The van der Waals surface area contributed by atoms with Crippen LogP contribution in [-0.4, -0.2) is 23.8 Å². The lowest BCUT2D eigenvalue weighted by molar-refractivity contribution is 0.395. The molecule has 23 heavy (non-hydrogen) atoms. The summed E-state index contributed by atoms with van der Waals surface area (Å²) in [6, 6.07) is 9.77. The summed E-state index contributed by atoms with van der Waals surface area (Å²) in [6.45, 7) is 0.681. The van der Waals surface area contributed by atoms with Crippen molar-refractivity contribution in [2.75, 3.05) is 14.2 Å². The molecule has 6 heteroatoms. The average Bonchev–Trinajstić information content (AvgIpc) is 2.96. The molecule has 0 saturated heterocycles. The van der Waals surface area contributed by atoms with Crippen molar-refractivity contribution in [3.05, 3.63) is 57.6 Å². The number of thiazole rings is 1. The lowest BCUT2D eigenvalue weighted by Crippen LogP contribution is -2.03. The smallest absolute Gasteiger partial charge is 0.161 e. The fourth-order valence-corrected chi connectivity index (χ4v) is 3.44. The zero-order chi connectivity index (χ0) is 16.2. The summed E-state index contributed by atoms with van der Waals surface area (Å²) in [5.41, 5.74) is 3.13. The fraction of sp³-hybridized carbons (Fsp3) is 0.176. The van der Waals surface area contributed by atoms with E-state index < -0.39 is 0 Å². The number of nitrogens with zero attached hydrogens (tertiary/aromatic N) is 2. The predicted molar refractivity (Wildman–Crippen MR) is 95.0 cm³/mol. The highest BCUT2D eigenvalue weighted by atomic mass is 32.1. The number of benzene rings is 1. The van der Waals surface area contributed by atoms with Crippen molar-refractivity contribution in [1.82, 2.24) is 9.55 Å². The van der Waals surface area contributed by atoms with Gasteiger partial charge in [-0.25, -0.2) is 0 Å². The molecule has 0 saturated carbocycles. The van der Waals surface area contributed by atoms with Gasteiger partial charge in [-0.05, 0) is 36.0 Å². The summed E-state index contributed by atoms with van der Waals surface area (Å²) >= 11 is 7.04. The Hall–Kier alpha value is -2.18. The molecule has 0 aliphatic heterocycles. The number of methoxy groups -OCH3 is 2. The van der Waals surface area contributed by atoms with Crippen molar-refractivity contribution in [2.45, 2.75) is 6.54 Å². The molecule has 3 aromatic rings. The van der Waals surface area contributed by atoms with Crippen LogP contribution >= 0.6 is 23.6 Å². The largest absolute Gasteiger partial charge is 0.497 e. The van der Waals surface area contributed by atoms with Crippen molar-refractivity contribution < 1.29 is 9.47 Å². The third-order valence-electron chi connectivity index (χ3n) is 3.53. The van der Waals surface area contributed by atoms with E-state index in [0.29, 0.717) is 6.54 Å². The van der Waals surface area contributed by atoms with Gasteiger partial charge < -0.3 is 14.0 Å². The number of pyridine rings is 1. The molecule has 4 nitrogen and oxygen atoms in total. The van der Waals surface area contributed by atoms with Crippen LogP contribution in [0, 0.1) is 3.95 Å². The quantitative estimate of drug-likeness (QED) is 0.643. The summed E-state index contributed by atoms with van der Waals surface area (Å²) in [6.07, 6.45) is 3.62. The summed E-state index contributed by atoms with van der Waals surface area (Å²) in [5, 5.41) is 2.06. The molecular weight excluding hydrogens is 328 g/mol. The molecule has 0 N–H and O–H groups in total. The van der Waals surface area contributed by atoms with Crippen LogP contribution in [0.5, 0.6) is 11.5 Å². The van der Waals surface area contributed by atoms with Gasteiger partial charge in [-0.3, -0.25) is 4.98 Å². The van der Waals surface area contributed by atoms with E-state index in [4.69, 9.17) is 21.7 Å². The molecule has 0 aliphatic carbocycles. The number of aromatic nitrogens is 2. The van der Waals surface area contributed by atoms with Crippen LogP contribution in [0.1, 0.15) is 5.56 Å². The predicted octanol–water partition coefficient (Wildman–Crippen LogP) is 4.41. The van der Waals surface area contributed by atoms with Gasteiger partial charge in [0.15, 0.2) is 3.95 Å². The van der Waals surface area contributed by atoms with Gasteiger partial charge in [-0.15, -0.1) is 11.3 Å². The summed E-state index contributed by atoms with van der Waals surface area (Å²) < 4.78 is 13.7. The van der Waals surface area contributed by atoms with E-state index in [1.807, 2.05) is 36.5 Å². The van der Waals surface area contributed by atoms with Gasteiger partial charge in [0.1, 0.15) is 11.5 Å². The first-order valence-electron chi connectivity index (χ1n) is 7.02. The minimum absolute atomic E-state index is 0.681. The number of ether oxygens (including phenoxy) is 2. The molecule has 3 rings (SSSR count). The van der Waals surface area contributed by atoms with Crippen LogP contribution in [0.2, 0.25) is 0 Å². The van der Waals surface area contributed by atoms with Crippen molar-refractivity contribution >= 4 is 23.6 Å². The van der Waals surface area contributed by atoms with Crippen molar-refractivity contribution in [3.8, 4) is 22.8 Å². The Morgan fingerprint density at radius 1 is 1.22 bits per heavy atom. The lowest BCUT2D eigenvalue weighted by atomic mass is 10.1. The Morgan fingerprint density at radius 2 is 2.09 bits per heavy atom. The third-order valence-corrected chi connectivity index (χ3v) is 4.80. The average molecular weight is 344 g/mol. The molecule has 0 bridgehead atoms. The Bertz CT molecular complexity index is 857. The van der Waals surface area contributed by atoms with Gasteiger partial charge in [0, 0.05) is 29.4 Å². The van der Waals surface area contributed by atoms with Crippen LogP contribution in [-0.2, 0) is 6.54 Å². The first-order chi connectivity index (χ1) is 11.2. The molecule has 2 heterocycles. The van der Waals surface area contributed by atoms with Crippen LogP contribution in [0.15, 0.2) is 48.1 Å². The van der Waals surface area contributed by atoms with Crippen LogP contribution < -0.4 is 9.47 Å². The summed E-state index contributed by atoms with van der Waals surface area (Å²) in [7, 11) is 3.30. The maximum absolute atomic E-state index is 5.52. The van der Waals surface area contributed by atoms with Gasteiger partial charge in [0.2, 0.25) is 0 Å². The molecule has 1 aromatic carbocycles. The standard InChI is InChI=1S/C17H16N2O2S2/c1-20-13-5-6-14(16(8-13)21-2)15-11-23-17(22)19(15)10-12-4-3-7-18-9-12/h3-9,11H,10H2,1-2H3. The summed E-state index contributed by atoms with van der Waals surface area (Å²) in [5.74, 6) is 1.52. The van der Waals surface area contributed by atoms with Gasteiger partial charge in [-0.2, -0.15) is 0 Å². The van der Waals surface area contributed by atoms with Gasteiger partial charge in [0.25, 0.3) is 0 Å². The van der Waals surface area contributed by atoms with E-state index in [2.05, 4.69) is 14.9 Å². The van der Waals surface area contributed by atoms with Crippen LogP contribution in [0.3, 0.4) is 0 Å². The summed E-state index contributed by atoms with van der Waals surface area (Å²) in [4.78, 5) is 4.17. The fourth-order valence-electron chi connectivity index (χ4n) is 2.37. The normalized spacial score (nSPS) is 10.5. The first-order valence-corrected chi connectivity index (χ1v) is 8.31. The van der Waals surface area contributed by atoms with E-state index in [1.165, 1.54) is 0 Å². The molecule has 0 aliphatic rings. The highest BCUT2D eigenvalue weighted by molar-refractivity contribution is 7.73. The van der Waals surface area contributed by atoms with E-state index in [-0.39, 0.29) is 0 Å². The van der Waals surface area contributed by atoms with Crippen LogP contribution in [0.25, 0.3) is 11.3 Å². The topological polar surface area (TPSA) is 36.3 Å².